The number of hydrogen-bond acceptors (Lipinski definition) is 4. The second-order valence-electron chi connectivity index (χ2n) is 11.3. The molecule has 0 aliphatic carbocycles. The Morgan fingerprint density at radius 2 is 1.14 bits per heavy atom. The lowest BCUT2D eigenvalue weighted by molar-refractivity contribution is 0.669. The van der Waals surface area contributed by atoms with Gasteiger partial charge < -0.3 is 13.7 Å². The van der Waals surface area contributed by atoms with Crippen molar-refractivity contribution in [3.8, 4) is 0 Å². The van der Waals surface area contributed by atoms with Crippen LogP contribution in [-0.4, -0.2) is 0 Å². The van der Waals surface area contributed by atoms with E-state index in [0.717, 1.165) is 55.6 Å². The number of para-hydroxylation sites is 2. The zero-order valence-electron chi connectivity index (χ0n) is 23.5. The smallest absolute Gasteiger partial charge is 0.144 e. The van der Waals surface area contributed by atoms with Crippen molar-refractivity contribution in [3.63, 3.8) is 0 Å². The predicted molar refractivity (Wildman–Crippen MR) is 186 cm³/mol. The maximum absolute atomic E-state index is 6.67. The highest BCUT2D eigenvalue weighted by atomic mass is 32.1. The Bertz CT molecular complexity index is 2730. The summed E-state index contributed by atoms with van der Waals surface area (Å²) in [4.78, 5) is 2.31. The summed E-state index contributed by atoms with van der Waals surface area (Å²) in [5.41, 5.74) is 6.86. The van der Waals surface area contributed by atoms with Crippen LogP contribution in [-0.2, 0) is 0 Å². The first-order valence-corrected chi connectivity index (χ1v) is 15.6. The second-order valence-corrected chi connectivity index (χ2v) is 12.4. The Morgan fingerprint density at radius 1 is 0.409 bits per heavy atom. The minimum atomic E-state index is 0.878. The van der Waals surface area contributed by atoms with Gasteiger partial charge in [0.2, 0.25) is 0 Å². The minimum absolute atomic E-state index is 0.878. The normalized spacial score (nSPS) is 12.1. The van der Waals surface area contributed by atoms with Crippen LogP contribution in [0.1, 0.15) is 0 Å². The Balaban J connectivity index is 1.23. The van der Waals surface area contributed by atoms with Gasteiger partial charge in [0.1, 0.15) is 22.3 Å². The van der Waals surface area contributed by atoms with Crippen molar-refractivity contribution in [1.82, 2.24) is 0 Å². The second kappa shape index (κ2) is 8.96. The molecule has 0 radical (unpaired) electrons. The third kappa shape index (κ3) is 3.37. The van der Waals surface area contributed by atoms with Crippen molar-refractivity contribution >= 4 is 103 Å². The molecule has 7 aromatic carbocycles. The van der Waals surface area contributed by atoms with Crippen LogP contribution in [0, 0.1) is 0 Å². The quantitative estimate of drug-likeness (QED) is 0.208. The monoisotopic (exact) mass is 581 g/mol. The molecular formula is C40H23NO2S. The summed E-state index contributed by atoms with van der Waals surface area (Å²) in [6.07, 6.45) is 0. The minimum Gasteiger partial charge on any atom is -0.456 e. The number of anilines is 3. The molecule has 0 aliphatic rings. The van der Waals surface area contributed by atoms with E-state index in [1.165, 1.54) is 36.3 Å². The molecule has 10 aromatic rings. The summed E-state index contributed by atoms with van der Waals surface area (Å²) in [7, 11) is 0. The van der Waals surface area contributed by atoms with Gasteiger partial charge >= 0.3 is 0 Å². The average Bonchev–Trinajstić information content (AvgIpc) is 3.76. The number of benzene rings is 7. The van der Waals surface area contributed by atoms with Crippen LogP contribution in [0.2, 0.25) is 0 Å². The van der Waals surface area contributed by atoms with Gasteiger partial charge in [-0.2, -0.15) is 0 Å². The van der Waals surface area contributed by atoms with Gasteiger partial charge in [-0.15, -0.1) is 11.3 Å². The molecule has 0 saturated heterocycles. The SMILES string of the molecule is c1ccc(N(c2ccc3c(c2)oc2ccccc23)c2ccc3sc4ccc5c(oc6ccc7ccccc7c65)c4c3c2)cc1. The van der Waals surface area contributed by atoms with Crippen molar-refractivity contribution in [3.05, 3.63) is 140 Å². The van der Waals surface area contributed by atoms with Gasteiger partial charge in [-0.25, -0.2) is 0 Å². The van der Waals surface area contributed by atoms with Gasteiger partial charge in [-0.3, -0.25) is 0 Å². The van der Waals surface area contributed by atoms with Crippen LogP contribution in [0.5, 0.6) is 0 Å². The van der Waals surface area contributed by atoms with Gasteiger partial charge in [-0.05, 0) is 77.5 Å². The highest BCUT2D eigenvalue weighted by molar-refractivity contribution is 7.26. The van der Waals surface area contributed by atoms with E-state index >= 15 is 0 Å². The number of nitrogens with zero attached hydrogens (tertiary/aromatic N) is 1. The lowest BCUT2D eigenvalue weighted by Crippen LogP contribution is -2.09. The first-order valence-electron chi connectivity index (χ1n) is 14.8. The maximum Gasteiger partial charge on any atom is 0.144 e. The molecule has 0 fully saturated rings. The molecule has 4 heteroatoms. The summed E-state index contributed by atoms with van der Waals surface area (Å²) in [6, 6.07) is 49.3. The number of rotatable bonds is 3. The molecule has 0 amide bonds. The summed E-state index contributed by atoms with van der Waals surface area (Å²) >= 11 is 1.81. The van der Waals surface area contributed by atoms with E-state index < -0.39 is 0 Å². The van der Waals surface area contributed by atoms with Crippen LogP contribution in [0.25, 0.3) is 74.8 Å². The van der Waals surface area contributed by atoms with E-state index in [4.69, 9.17) is 8.83 Å². The summed E-state index contributed by atoms with van der Waals surface area (Å²) < 4.78 is 15.4. The average molecular weight is 582 g/mol. The maximum atomic E-state index is 6.67. The van der Waals surface area contributed by atoms with E-state index in [-0.39, 0.29) is 0 Å². The molecular weight excluding hydrogens is 559 g/mol. The topological polar surface area (TPSA) is 29.5 Å². The highest BCUT2D eigenvalue weighted by Gasteiger charge is 2.20. The van der Waals surface area contributed by atoms with Crippen molar-refractivity contribution in [1.29, 1.82) is 0 Å². The third-order valence-electron chi connectivity index (χ3n) is 8.84. The Morgan fingerprint density at radius 3 is 2.07 bits per heavy atom. The van der Waals surface area contributed by atoms with Gasteiger partial charge in [0.25, 0.3) is 0 Å². The molecule has 3 heterocycles. The fraction of sp³-hybridized carbons (Fsp3) is 0. The highest BCUT2D eigenvalue weighted by Crippen LogP contribution is 2.46. The molecule has 0 N–H and O–H groups in total. The van der Waals surface area contributed by atoms with Gasteiger partial charge in [-0.1, -0.05) is 66.7 Å². The molecule has 0 spiro atoms. The fourth-order valence-corrected chi connectivity index (χ4v) is 7.95. The largest absolute Gasteiger partial charge is 0.456 e. The van der Waals surface area contributed by atoms with E-state index in [0.29, 0.717) is 0 Å². The number of hydrogen-bond donors (Lipinski definition) is 0. The molecule has 3 nitrogen and oxygen atoms in total. The van der Waals surface area contributed by atoms with Crippen LogP contribution in [0.15, 0.2) is 148 Å². The molecule has 0 saturated carbocycles. The standard InChI is InChI=1S/C40H23NO2S/c1-2-9-25(10-3-1)41(27-15-17-30-29-12-6-7-13-33(29)42-35(30)23-27)26-16-20-36-32(22-26)39-37(44-36)21-18-31-38-28-11-5-4-8-24(28)14-19-34(38)43-40(31)39/h1-23H. The van der Waals surface area contributed by atoms with E-state index in [9.17, 15) is 0 Å². The van der Waals surface area contributed by atoms with Crippen LogP contribution < -0.4 is 4.90 Å². The zero-order valence-corrected chi connectivity index (χ0v) is 24.3. The van der Waals surface area contributed by atoms with Gasteiger partial charge in [0.05, 0.1) is 0 Å². The Kier molecular flexibility index (Phi) is 4.87. The Labute approximate surface area is 255 Å². The third-order valence-corrected chi connectivity index (χ3v) is 9.97. The molecule has 0 atom stereocenters. The molecule has 0 bridgehead atoms. The van der Waals surface area contributed by atoms with E-state index in [1.54, 1.807) is 0 Å². The summed E-state index contributed by atoms with van der Waals surface area (Å²) in [5, 5.41) is 9.41. The van der Waals surface area contributed by atoms with E-state index in [1.807, 2.05) is 23.5 Å². The summed E-state index contributed by atoms with van der Waals surface area (Å²) in [5.74, 6) is 0. The molecule has 44 heavy (non-hydrogen) atoms. The lowest BCUT2D eigenvalue weighted by Gasteiger charge is -2.25. The van der Waals surface area contributed by atoms with Crippen molar-refractivity contribution in [2.75, 3.05) is 4.90 Å². The number of fused-ring (bicyclic) bond motifs is 12. The van der Waals surface area contributed by atoms with Gasteiger partial charge in [0, 0.05) is 64.8 Å². The van der Waals surface area contributed by atoms with Crippen molar-refractivity contribution < 1.29 is 8.83 Å². The molecule has 206 valence electrons. The molecule has 0 aliphatic heterocycles. The first-order chi connectivity index (χ1) is 21.8. The lowest BCUT2D eigenvalue weighted by atomic mass is 10.0. The fourth-order valence-electron chi connectivity index (χ4n) is 6.87. The summed E-state index contributed by atoms with van der Waals surface area (Å²) in [6.45, 7) is 0. The van der Waals surface area contributed by atoms with Gasteiger partial charge in [0.15, 0.2) is 0 Å². The first kappa shape index (κ1) is 23.9. The van der Waals surface area contributed by atoms with Crippen molar-refractivity contribution in [2.24, 2.45) is 0 Å². The van der Waals surface area contributed by atoms with E-state index in [2.05, 4.69) is 132 Å². The predicted octanol–water partition coefficient (Wildman–Crippen LogP) is 12.5. The molecule has 0 unspecified atom stereocenters. The van der Waals surface area contributed by atoms with Crippen LogP contribution in [0.3, 0.4) is 0 Å². The Hall–Kier alpha value is -5.58. The van der Waals surface area contributed by atoms with Crippen molar-refractivity contribution in [2.45, 2.75) is 0 Å². The van der Waals surface area contributed by atoms with Crippen LogP contribution >= 0.6 is 11.3 Å². The van der Waals surface area contributed by atoms with Crippen LogP contribution in [0.4, 0.5) is 17.1 Å². The molecule has 3 aromatic heterocycles. The molecule has 10 rings (SSSR count). The number of thiophene rings is 1. The zero-order chi connectivity index (χ0) is 28.8. The number of furan rings is 2.